The number of fused-ring (bicyclic) bond motifs is 1. The zero-order valence-corrected chi connectivity index (χ0v) is 16.1. The molecule has 1 aromatic carbocycles. The van der Waals surface area contributed by atoms with Gasteiger partial charge in [0.1, 0.15) is 11.6 Å². The van der Waals surface area contributed by atoms with Gasteiger partial charge in [-0.05, 0) is 29.6 Å². The molecule has 1 amide bonds. The summed E-state index contributed by atoms with van der Waals surface area (Å²) in [4.78, 5) is 13.3. The average molecular weight is 443 g/mol. The smallest absolute Gasteiger partial charge is 0.410 e. The summed E-state index contributed by atoms with van der Waals surface area (Å²) >= 11 is 7.20. The third-order valence-corrected chi connectivity index (χ3v) is 5.74. The number of amides is 1. The van der Waals surface area contributed by atoms with Gasteiger partial charge < -0.3 is 15.7 Å². The van der Waals surface area contributed by atoms with E-state index in [1.807, 2.05) is 0 Å². The summed E-state index contributed by atoms with van der Waals surface area (Å²) in [5.41, 5.74) is -0.182. The number of thiophene rings is 1. The maximum atomic E-state index is 13.7. The predicted octanol–water partition coefficient (Wildman–Crippen LogP) is 5.22. The van der Waals surface area contributed by atoms with Crippen molar-refractivity contribution in [1.29, 1.82) is 0 Å². The highest BCUT2D eigenvalue weighted by molar-refractivity contribution is 7.10. The Morgan fingerprint density at radius 2 is 2.14 bits per heavy atom. The fraction of sp³-hybridized carbons (Fsp3) is 0.222. The van der Waals surface area contributed by atoms with E-state index in [4.69, 9.17) is 11.6 Å². The molecule has 2 atom stereocenters. The second-order valence-electron chi connectivity index (χ2n) is 6.48. The van der Waals surface area contributed by atoms with Crippen LogP contribution in [0.2, 0.25) is 5.02 Å². The van der Waals surface area contributed by atoms with Crippen molar-refractivity contribution in [3.8, 4) is 5.75 Å². The molecule has 11 heteroatoms. The number of nitrogens with zero attached hydrogens (tertiary/aromatic N) is 2. The molecule has 2 aromatic heterocycles. The maximum absolute atomic E-state index is 13.7. The number of benzene rings is 1. The molecule has 29 heavy (non-hydrogen) atoms. The van der Waals surface area contributed by atoms with Crippen LogP contribution >= 0.6 is 22.9 Å². The Labute approximate surface area is 171 Å². The maximum Gasteiger partial charge on any atom is 0.410 e. The number of phenols is 1. The zero-order chi connectivity index (χ0) is 20.8. The van der Waals surface area contributed by atoms with Crippen LogP contribution in [0.25, 0.3) is 0 Å². The summed E-state index contributed by atoms with van der Waals surface area (Å²) in [6.45, 7) is 0. The van der Waals surface area contributed by atoms with E-state index < -0.39 is 24.2 Å². The summed E-state index contributed by atoms with van der Waals surface area (Å²) < 4.78 is 41.8. The number of aromatic nitrogens is 2. The van der Waals surface area contributed by atoms with E-state index in [9.17, 15) is 23.1 Å². The van der Waals surface area contributed by atoms with Gasteiger partial charge in [0, 0.05) is 22.4 Å². The SMILES string of the molecule is O=C(Nc1cc(Cl)ccc1O)c1cc2n(n1)[C@H](C(F)(F)F)C[C@@H](c1cccs1)N2. The van der Waals surface area contributed by atoms with E-state index in [0.717, 1.165) is 9.56 Å². The molecular formula is C18H14ClF3N4O2S. The standard InChI is InChI=1S/C18H14ClF3N4O2S/c19-9-3-4-13(27)10(6-9)24-17(28)12-8-16-23-11(14-2-1-5-29-14)7-15(18(20,21)22)26(16)25-12/h1-6,8,11,15,23,27H,7H2,(H,24,28)/t11-,15-/m0/s1. The minimum Gasteiger partial charge on any atom is -0.506 e. The van der Waals surface area contributed by atoms with Crippen molar-refractivity contribution in [3.63, 3.8) is 0 Å². The Morgan fingerprint density at radius 1 is 1.34 bits per heavy atom. The number of halogens is 4. The number of phenolic OH excluding ortho intramolecular Hbond substituents is 1. The molecule has 0 fully saturated rings. The van der Waals surface area contributed by atoms with Gasteiger partial charge in [-0.2, -0.15) is 18.3 Å². The Kier molecular flexibility index (Phi) is 4.91. The van der Waals surface area contributed by atoms with Gasteiger partial charge in [0.25, 0.3) is 5.91 Å². The largest absolute Gasteiger partial charge is 0.506 e. The van der Waals surface area contributed by atoms with E-state index in [-0.39, 0.29) is 34.4 Å². The average Bonchev–Trinajstić information content (AvgIpc) is 3.32. The first kappa shape index (κ1) is 19.6. The number of alkyl halides is 3. The Morgan fingerprint density at radius 3 is 2.83 bits per heavy atom. The van der Waals surface area contributed by atoms with Crippen LogP contribution in [0.15, 0.2) is 41.8 Å². The van der Waals surface area contributed by atoms with Crippen molar-refractivity contribution in [1.82, 2.24) is 9.78 Å². The molecule has 152 valence electrons. The lowest BCUT2D eigenvalue weighted by atomic mass is 10.0. The fourth-order valence-electron chi connectivity index (χ4n) is 3.16. The van der Waals surface area contributed by atoms with Crippen molar-refractivity contribution in [2.24, 2.45) is 0 Å². The van der Waals surface area contributed by atoms with Crippen LogP contribution in [0.1, 0.15) is 33.9 Å². The summed E-state index contributed by atoms with van der Waals surface area (Å²) in [5.74, 6) is -0.895. The van der Waals surface area contributed by atoms with Crippen LogP contribution in [-0.2, 0) is 0 Å². The minimum absolute atomic E-state index is 0.0327. The topological polar surface area (TPSA) is 79.2 Å². The van der Waals surface area contributed by atoms with E-state index in [0.29, 0.717) is 0 Å². The lowest BCUT2D eigenvalue weighted by molar-refractivity contribution is -0.173. The first-order valence-electron chi connectivity index (χ1n) is 8.48. The van der Waals surface area contributed by atoms with Crippen molar-refractivity contribution >= 4 is 40.4 Å². The Bertz CT molecular complexity index is 1050. The van der Waals surface area contributed by atoms with Gasteiger partial charge in [-0.1, -0.05) is 17.7 Å². The minimum atomic E-state index is -4.53. The molecule has 0 aliphatic carbocycles. The van der Waals surface area contributed by atoms with Crippen LogP contribution in [0.3, 0.4) is 0 Å². The van der Waals surface area contributed by atoms with Crippen LogP contribution < -0.4 is 10.6 Å². The van der Waals surface area contributed by atoms with Gasteiger partial charge in [0.15, 0.2) is 11.7 Å². The second-order valence-corrected chi connectivity index (χ2v) is 7.90. The van der Waals surface area contributed by atoms with Crippen LogP contribution in [0, 0.1) is 0 Å². The van der Waals surface area contributed by atoms with Crippen LogP contribution in [-0.4, -0.2) is 27.0 Å². The molecule has 3 aromatic rings. The zero-order valence-electron chi connectivity index (χ0n) is 14.6. The summed E-state index contributed by atoms with van der Waals surface area (Å²) in [7, 11) is 0. The van der Waals surface area contributed by atoms with Gasteiger partial charge in [-0.15, -0.1) is 11.3 Å². The highest BCUT2D eigenvalue weighted by atomic mass is 35.5. The molecule has 4 rings (SSSR count). The molecule has 1 aliphatic rings. The summed E-state index contributed by atoms with van der Waals surface area (Å²) in [6, 6.07) is 6.44. The van der Waals surface area contributed by atoms with Gasteiger partial charge in [0.05, 0.1) is 11.7 Å². The summed E-state index contributed by atoms with van der Waals surface area (Å²) in [5, 5.41) is 21.2. The van der Waals surface area contributed by atoms with E-state index in [1.165, 1.54) is 35.6 Å². The summed E-state index contributed by atoms with van der Waals surface area (Å²) in [6.07, 6.45) is -4.77. The first-order valence-corrected chi connectivity index (χ1v) is 9.74. The third kappa shape index (κ3) is 3.90. The number of nitrogens with one attached hydrogen (secondary N) is 2. The molecule has 3 N–H and O–H groups in total. The number of hydrogen-bond donors (Lipinski definition) is 3. The Hall–Kier alpha value is -2.72. The highest BCUT2D eigenvalue weighted by Crippen LogP contribution is 2.44. The Balaban J connectivity index is 1.65. The quantitative estimate of drug-likeness (QED) is 0.486. The van der Waals surface area contributed by atoms with Gasteiger partial charge in [0.2, 0.25) is 0 Å². The van der Waals surface area contributed by atoms with E-state index in [2.05, 4.69) is 15.7 Å². The molecular weight excluding hydrogens is 429 g/mol. The molecule has 6 nitrogen and oxygen atoms in total. The van der Waals surface area contributed by atoms with Crippen molar-refractivity contribution < 1.29 is 23.1 Å². The molecule has 1 aliphatic heterocycles. The molecule has 0 spiro atoms. The highest BCUT2D eigenvalue weighted by Gasteiger charge is 2.47. The normalized spacial score (nSPS) is 18.8. The number of anilines is 2. The second kappa shape index (κ2) is 7.27. The lowest BCUT2D eigenvalue weighted by Crippen LogP contribution is -2.35. The molecule has 0 radical (unpaired) electrons. The predicted molar refractivity (Wildman–Crippen MR) is 104 cm³/mol. The number of aromatic hydroxyl groups is 1. The van der Waals surface area contributed by atoms with Crippen LogP contribution in [0.5, 0.6) is 5.75 Å². The number of hydrogen-bond acceptors (Lipinski definition) is 5. The molecule has 0 saturated carbocycles. The first-order chi connectivity index (χ1) is 13.7. The van der Waals surface area contributed by atoms with Crippen molar-refractivity contribution in [2.75, 3.05) is 10.6 Å². The number of carbonyl (C=O) groups is 1. The monoisotopic (exact) mass is 442 g/mol. The molecule has 3 heterocycles. The molecule has 0 saturated heterocycles. The van der Waals surface area contributed by atoms with E-state index >= 15 is 0 Å². The lowest BCUT2D eigenvalue weighted by Gasteiger charge is -2.32. The molecule has 0 unspecified atom stereocenters. The number of carbonyl (C=O) groups excluding carboxylic acids is 1. The van der Waals surface area contributed by atoms with Gasteiger partial charge >= 0.3 is 6.18 Å². The van der Waals surface area contributed by atoms with Crippen molar-refractivity contribution in [3.05, 3.63) is 57.4 Å². The molecule has 0 bridgehead atoms. The van der Waals surface area contributed by atoms with Crippen molar-refractivity contribution in [2.45, 2.75) is 24.7 Å². The van der Waals surface area contributed by atoms with E-state index in [1.54, 1.807) is 17.5 Å². The van der Waals surface area contributed by atoms with Gasteiger partial charge in [-0.25, -0.2) is 4.68 Å². The fourth-order valence-corrected chi connectivity index (χ4v) is 4.12. The van der Waals surface area contributed by atoms with Crippen LogP contribution in [0.4, 0.5) is 24.7 Å². The van der Waals surface area contributed by atoms with Gasteiger partial charge in [-0.3, -0.25) is 4.79 Å². The third-order valence-electron chi connectivity index (χ3n) is 4.52. The number of rotatable bonds is 3.